The van der Waals surface area contributed by atoms with Crippen molar-refractivity contribution < 1.29 is 19.2 Å². The molecule has 90 valence electrons. The van der Waals surface area contributed by atoms with Crippen molar-refractivity contribution in [2.75, 3.05) is 33.4 Å². The first kappa shape index (κ1) is 12.7. The zero-order valence-corrected chi connectivity index (χ0v) is 9.47. The number of ether oxygens (including phenoxy) is 1. The fourth-order valence-electron chi connectivity index (χ4n) is 1.27. The third kappa shape index (κ3) is 3.32. The molecule has 0 unspecified atom stereocenters. The highest BCUT2D eigenvalue weighted by molar-refractivity contribution is 5.92. The third-order valence-electron chi connectivity index (χ3n) is 2.07. The van der Waals surface area contributed by atoms with Gasteiger partial charge in [-0.15, -0.1) is 0 Å². The number of aryl methyl sites for hydroxylation is 1. The van der Waals surface area contributed by atoms with Crippen molar-refractivity contribution in [2.24, 2.45) is 0 Å². The van der Waals surface area contributed by atoms with E-state index in [4.69, 9.17) is 14.4 Å². The van der Waals surface area contributed by atoms with Crippen LogP contribution in [-0.2, 0) is 4.74 Å². The van der Waals surface area contributed by atoms with E-state index in [0.717, 1.165) is 0 Å². The average Bonchev–Trinajstić information content (AvgIpc) is 2.70. The van der Waals surface area contributed by atoms with E-state index >= 15 is 0 Å². The van der Waals surface area contributed by atoms with Crippen LogP contribution < -0.4 is 0 Å². The second-order valence-corrected chi connectivity index (χ2v) is 3.33. The molecular formula is C10H16N2O4. The lowest BCUT2D eigenvalue weighted by Crippen LogP contribution is -2.36. The minimum Gasteiger partial charge on any atom is -0.395 e. The molecule has 0 saturated heterocycles. The van der Waals surface area contributed by atoms with E-state index in [1.54, 1.807) is 20.1 Å². The molecule has 6 heteroatoms. The molecule has 0 fully saturated rings. The van der Waals surface area contributed by atoms with E-state index in [0.29, 0.717) is 18.9 Å². The van der Waals surface area contributed by atoms with Gasteiger partial charge in [-0.05, 0) is 6.92 Å². The monoisotopic (exact) mass is 228 g/mol. The van der Waals surface area contributed by atoms with Crippen LogP contribution in [-0.4, -0.2) is 54.5 Å². The number of hydrogen-bond donors (Lipinski definition) is 1. The molecule has 0 spiro atoms. The van der Waals surface area contributed by atoms with Gasteiger partial charge in [0.25, 0.3) is 5.91 Å². The Hall–Kier alpha value is -1.40. The molecule has 1 heterocycles. The van der Waals surface area contributed by atoms with E-state index < -0.39 is 0 Å². The van der Waals surface area contributed by atoms with Crippen molar-refractivity contribution in [3.63, 3.8) is 0 Å². The van der Waals surface area contributed by atoms with Gasteiger partial charge in [0.05, 0.1) is 13.2 Å². The zero-order chi connectivity index (χ0) is 12.0. The molecule has 0 radical (unpaired) electrons. The Kier molecular flexibility index (Phi) is 4.94. The highest BCUT2D eigenvalue weighted by Crippen LogP contribution is 2.05. The molecule has 6 nitrogen and oxygen atoms in total. The number of aliphatic hydroxyl groups excluding tert-OH is 1. The van der Waals surface area contributed by atoms with Gasteiger partial charge in [-0.3, -0.25) is 4.79 Å². The molecule has 0 saturated carbocycles. The van der Waals surface area contributed by atoms with Crippen molar-refractivity contribution in [3.8, 4) is 0 Å². The van der Waals surface area contributed by atoms with Gasteiger partial charge in [0, 0.05) is 26.3 Å². The first-order valence-corrected chi connectivity index (χ1v) is 5.01. The van der Waals surface area contributed by atoms with Crippen molar-refractivity contribution >= 4 is 5.91 Å². The molecule has 0 aliphatic carbocycles. The molecule has 1 aromatic rings. The average molecular weight is 228 g/mol. The van der Waals surface area contributed by atoms with E-state index in [1.165, 1.54) is 4.90 Å². The topological polar surface area (TPSA) is 75.8 Å². The zero-order valence-electron chi connectivity index (χ0n) is 9.47. The minimum atomic E-state index is -0.261. The van der Waals surface area contributed by atoms with Gasteiger partial charge in [-0.25, -0.2) is 0 Å². The maximum atomic E-state index is 11.9. The first-order valence-electron chi connectivity index (χ1n) is 5.01. The van der Waals surface area contributed by atoms with E-state index in [9.17, 15) is 4.79 Å². The largest absolute Gasteiger partial charge is 0.395 e. The van der Waals surface area contributed by atoms with Crippen LogP contribution in [0.15, 0.2) is 10.6 Å². The van der Waals surface area contributed by atoms with Crippen LogP contribution >= 0.6 is 0 Å². The number of hydrogen-bond acceptors (Lipinski definition) is 5. The number of methoxy groups -OCH3 is 1. The summed E-state index contributed by atoms with van der Waals surface area (Å²) in [6, 6.07) is 1.57. The van der Waals surface area contributed by atoms with Crippen LogP contribution in [0, 0.1) is 6.92 Å². The maximum absolute atomic E-state index is 11.9. The first-order chi connectivity index (χ1) is 7.69. The van der Waals surface area contributed by atoms with Gasteiger partial charge in [0.15, 0.2) is 5.69 Å². The van der Waals surface area contributed by atoms with Crippen molar-refractivity contribution in [2.45, 2.75) is 6.92 Å². The van der Waals surface area contributed by atoms with Gasteiger partial charge in [0.2, 0.25) is 0 Å². The van der Waals surface area contributed by atoms with Crippen LogP contribution in [0.5, 0.6) is 0 Å². The van der Waals surface area contributed by atoms with Gasteiger partial charge >= 0.3 is 0 Å². The Morgan fingerprint density at radius 1 is 1.62 bits per heavy atom. The van der Waals surface area contributed by atoms with Crippen molar-refractivity contribution in [3.05, 3.63) is 17.5 Å². The molecule has 1 aromatic heterocycles. The fourth-order valence-corrected chi connectivity index (χ4v) is 1.27. The smallest absolute Gasteiger partial charge is 0.276 e. The highest BCUT2D eigenvalue weighted by Gasteiger charge is 2.18. The molecule has 0 aliphatic rings. The normalized spacial score (nSPS) is 10.4. The standard InChI is InChI=1S/C10H16N2O4/c1-8-7-9(11-16-8)10(14)12(3-5-13)4-6-15-2/h7,13H,3-6H2,1-2H3. The number of aromatic nitrogens is 1. The van der Waals surface area contributed by atoms with Gasteiger partial charge in [0.1, 0.15) is 5.76 Å². The summed E-state index contributed by atoms with van der Waals surface area (Å²) in [5.74, 6) is 0.321. The summed E-state index contributed by atoms with van der Waals surface area (Å²) in [6.45, 7) is 2.72. The van der Waals surface area contributed by atoms with Gasteiger partial charge in [-0.1, -0.05) is 5.16 Å². The lowest BCUT2D eigenvalue weighted by molar-refractivity contribution is 0.0646. The third-order valence-corrected chi connectivity index (χ3v) is 2.07. The second-order valence-electron chi connectivity index (χ2n) is 3.33. The number of rotatable bonds is 6. The predicted molar refractivity (Wildman–Crippen MR) is 56.1 cm³/mol. The highest BCUT2D eigenvalue weighted by atomic mass is 16.5. The van der Waals surface area contributed by atoms with Gasteiger partial charge in [-0.2, -0.15) is 0 Å². The van der Waals surface area contributed by atoms with Crippen LogP contribution in [0.25, 0.3) is 0 Å². The number of nitrogens with zero attached hydrogens (tertiary/aromatic N) is 2. The number of amides is 1. The SMILES string of the molecule is COCCN(CCO)C(=O)c1cc(C)on1. The molecule has 1 amide bonds. The van der Waals surface area contributed by atoms with E-state index in [1.807, 2.05) is 0 Å². The predicted octanol–water partition coefficient (Wildman–Crippen LogP) is 0.0639. The minimum absolute atomic E-state index is 0.0910. The fraction of sp³-hybridized carbons (Fsp3) is 0.600. The molecule has 0 bridgehead atoms. The lowest BCUT2D eigenvalue weighted by atomic mass is 10.3. The number of carbonyl (C=O) groups is 1. The maximum Gasteiger partial charge on any atom is 0.276 e. The molecule has 16 heavy (non-hydrogen) atoms. The lowest BCUT2D eigenvalue weighted by Gasteiger charge is -2.19. The summed E-state index contributed by atoms with van der Waals surface area (Å²) in [7, 11) is 1.56. The second kappa shape index (κ2) is 6.24. The number of aliphatic hydroxyl groups is 1. The van der Waals surface area contributed by atoms with Crippen LogP contribution in [0.3, 0.4) is 0 Å². The Morgan fingerprint density at radius 3 is 2.88 bits per heavy atom. The Labute approximate surface area is 93.8 Å². The summed E-state index contributed by atoms with van der Waals surface area (Å²) in [6.07, 6.45) is 0. The molecule has 0 aromatic carbocycles. The van der Waals surface area contributed by atoms with Gasteiger partial charge < -0.3 is 19.3 Å². The molecule has 1 N–H and O–H groups in total. The summed E-state index contributed by atoms with van der Waals surface area (Å²) >= 11 is 0. The number of carbonyl (C=O) groups excluding carboxylic acids is 1. The Morgan fingerprint density at radius 2 is 2.38 bits per heavy atom. The van der Waals surface area contributed by atoms with Crippen LogP contribution in [0.4, 0.5) is 0 Å². The van der Waals surface area contributed by atoms with Crippen LogP contribution in [0.2, 0.25) is 0 Å². The summed E-state index contributed by atoms with van der Waals surface area (Å²) in [5.41, 5.74) is 0.252. The Bertz CT molecular complexity index is 337. The molecule has 0 aliphatic heterocycles. The summed E-state index contributed by atoms with van der Waals surface area (Å²) in [5, 5.41) is 12.5. The summed E-state index contributed by atoms with van der Waals surface area (Å²) < 4.78 is 9.72. The van der Waals surface area contributed by atoms with E-state index in [-0.39, 0.29) is 24.8 Å². The summed E-state index contributed by atoms with van der Waals surface area (Å²) in [4.78, 5) is 13.4. The van der Waals surface area contributed by atoms with Crippen LogP contribution in [0.1, 0.15) is 16.2 Å². The quantitative estimate of drug-likeness (QED) is 0.745. The molecule has 0 atom stereocenters. The van der Waals surface area contributed by atoms with E-state index in [2.05, 4.69) is 5.16 Å². The van der Waals surface area contributed by atoms with Crippen molar-refractivity contribution in [1.82, 2.24) is 10.1 Å². The molecular weight excluding hydrogens is 212 g/mol. The molecule has 1 rings (SSSR count). The Balaban J connectivity index is 2.66. The van der Waals surface area contributed by atoms with Crippen molar-refractivity contribution in [1.29, 1.82) is 0 Å².